The molecule has 132 valence electrons. The number of para-hydroxylation sites is 2. The average molecular weight is 342 g/mol. The number of halogens is 3. The zero-order valence-corrected chi connectivity index (χ0v) is 13.7. The highest BCUT2D eigenvalue weighted by Gasteiger charge is 2.37. The van der Waals surface area contributed by atoms with Crippen molar-refractivity contribution < 1.29 is 18.0 Å². The van der Waals surface area contributed by atoms with Crippen molar-refractivity contribution in [3.05, 3.63) is 30.1 Å². The molecule has 2 aromatic rings. The van der Waals surface area contributed by atoms with Gasteiger partial charge in [0.25, 0.3) is 0 Å². The Morgan fingerprint density at radius 3 is 2.54 bits per heavy atom. The highest BCUT2D eigenvalue weighted by atomic mass is 19.4. The van der Waals surface area contributed by atoms with Crippen LogP contribution >= 0.6 is 0 Å². The van der Waals surface area contributed by atoms with Crippen molar-refractivity contribution in [3.63, 3.8) is 0 Å². The van der Waals surface area contributed by atoms with E-state index in [2.05, 4.69) is 15.2 Å². The lowest BCUT2D eigenvalue weighted by Gasteiger charge is -2.18. The van der Waals surface area contributed by atoms with Crippen LogP contribution in [-0.4, -0.2) is 46.5 Å². The van der Waals surface area contributed by atoms with Crippen molar-refractivity contribution in [1.82, 2.24) is 19.8 Å². The molecule has 1 aromatic carbocycles. The molecule has 1 aromatic heterocycles. The van der Waals surface area contributed by atoms with Gasteiger partial charge in [0, 0.05) is 13.1 Å². The zero-order valence-electron chi connectivity index (χ0n) is 13.7. The van der Waals surface area contributed by atoms with Gasteiger partial charge in [0.05, 0.1) is 11.0 Å². The van der Waals surface area contributed by atoms with Gasteiger partial charge in [0.15, 0.2) is 0 Å². The fourth-order valence-electron chi connectivity index (χ4n) is 2.54. The Hall–Kier alpha value is -2.09. The monoisotopic (exact) mass is 342 g/mol. The quantitative estimate of drug-likeness (QED) is 0.841. The van der Waals surface area contributed by atoms with Gasteiger partial charge in [-0.1, -0.05) is 26.0 Å². The Labute approximate surface area is 138 Å². The first kappa shape index (κ1) is 18.3. The second-order valence-corrected chi connectivity index (χ2v) is 5.38. The third-order valence-electron chi connectivity index (χ3n) is 3.85. The lowest BCUT2D eigenvalue weighted by Crippen LogP contribution is -2.36. The van der Waals surface area contributed by atoms with Gasteiger partial charge < -0.3 is 14.8 Å². The summed E-state index contributed by atoms with van der Waals surface area (Å²) < 4.78 is 40.4. The van der Waals surface area contributed by atoms with Gasteiger partial charge >= 0.3 is 6.18 Å². The number of alkyl halides is 3. The minimum Gasteiger partial charge on any atom is -0.353 e. The summed E-state index contributed by atoms with van der Waals surface area (Å²) in [5, 5.41) is 2.67. The first-order valence-electron chi connectivity index (χ1n) is 7.88. The summed E-state index contributed by atoms with van der Waals surface area (Å²) in [5.41, 5.74) is 0.518. The fourth-order valence-corrected chi connectivity index (χ4v) is 2.54. The molecule has 0 aliphatic heterocycles. The minimum atomic E-state index is -4.61. The number of benzene rings is 1. The van der Waals surface area contributed by atoms with Gasteiger partial charge in [0.1, 0.15) is 6.54 Å². The molecule has 5 nitrogen and oxygen atoms in total. The van der Waals surface area contributed by atoms with Crippen molar-refractivity contribution >= 4 is 16.9 Å². The Balaban J connectivity index is 2.12. The Morgan fingerprint density at radius 1 is 1.25 bits per heavy atom. The SMILES string of the molecule is CCN(CC)CCNC(=O)Cn1c(C(F)(F)F)nc2ccccc21. The van der Waals surface area contributed by atoms with E-state index in [0.29, 0.717) is 18.6 Å². The third-order valence-corrected chi connectivity index (χ3v) is 3.85. The lowest BCUT2D eigenvalue weighted by atomic mass is 10.3. The van der Waals surface area contributed by atoms with Crippen LogP contribution in [-0.2, 0) is 17.5 Å². The van der Waals surface area contributed by atoms with E-state index in [-0.39, 0.29) is 5.52 Å². The number of hydrogen-bond donors (Lipinski definition) is 1. The summed E-state index contributed by atoms with van der Waals surface area (Å²) in [6.45, 7) is 6.39. The fraction of sp³-hybridized carbons (Fsp3) is 0.500. The average Bonchev–Trinajstić information content (AvgIpc) is 2.91. The van der Waals surface area contributed by atoms with E-state index in [1.54, 1.807) is 12.1 Å². The molecular weight excluding hydrogens is 321 g/mol. The molecule has 0 atom stereocenters. The summed E-state index contributed by atoms with van der Waals surface area (Å²) >= 11 is 0. The second kappa shape index (κ2) is 7.65. The van der Waals surface area contributed by atoms with E-state index < -0.39 is 24.5 Å². The first-order chi connectivity index (χ1) is 11.4. The van der Waals surface area contributed by atoms with Gasteiger partial charge in [-0.3, -0.25) is 4.79 Å². The van der Waals surface area contributed by atoms with E-state index in [4.69, 9.17) is 0 Å². The number of carbonyl (C=O) groups excluding carboxylic acids is 1. The minimum absolute atomic E-state index is 0.223. The predicted molar refractivity (Wildman–Crippen MR) is 85.5 cm³/mol. The number of aromatic nitrogens is 2. The standard InChI is InChI=1S/C16H21F3N4O/c1-3-22(4-2)10-9-20-14(24)11-23-13-8-6-5-7-12(13)21-15(23)16(17,18)19/h5-8H,3-4,9-11H2,1-2H3,(H,20,24). The van der Waals surface area contributed by atoms with Gasteiger partial charge in [-0.2, -0.15) is 13.2 Å². The maximum absolute atomic E-state index is 13.2. The van der Waals surface area contributed by atoms with Gasteiger partial charge in [-0.05, 0) is 25.2 Å². The van der Waals surface area contributed by atoms with Crippen molar-refractivity contribution in [3.8, 4) is 0 Å². The van der Waals surface area contributed by atoms with E-state index in [9.17, 15) is 18.0 Å². The van der Waals surface area contributed by atoms with Crippen LogP contribution in [0.1, 0.15) is 19.7 Å². The Morgan fingerprint density at radius 2 is 1.92 bits per heavy atom. The molecule has 2 rings (SSSR count). The molecule has 0 radical (unpaired) electrons. The lowest BCUT2D eigenvalue weighted by molar-refractivity contribution is -0.147. The van der Waals surface area contributed by atoms with Crippen LogP contribution in [0.4, 0.5) is 13.2 Å². The maximum Gasteiger partial charge on any atom is 0.449 e. The molecule has 0 spiro atoms. The molecule has 0 fully saturated rings. The van der Waals surface area contributed by atoms with Crippen molar-refractivity contribution in [1.29, 1.82) is 0 Å². The number of likely N-dealkylation sites (N-methyl/N-ethyl adjacent to an activating group) is 1. The van der Waals surface area contributed by atoms with Crippen molar-refractivity contribution in [2.45, 2.75) is 26.6 Å². The molecule has 24 heavy (non-hydrogen) atoms. The first-order valence-corrected chi connectivity index (χ1v) is 7.88. The Bertz CT molecular complexity index is 692. The molecule has 0 unspecified atom stereocenters. The molecule has 0 bridgehead atoms. The van der Waals surface area contributed by atoms with E-state index in [0.717, 1.165) is 17.7 Å². The van der Waals surface area contributed by atoms with Gasteiger partial charge in [0.2, 0.25) is 11.7 Å². The number of imidazole rings is 1. The predicted octanol–water partition coefficient (Wildman–Crippen LogP) is 2.51. The van der Waals surface area contributed by atoms with Crippen LogP contribution < -0.4 is 5.32 Å². The topological polar surface area (TPSA) is 50.2 Å². The summed E-state index contributed by atoms with van der Waals surface area (Å²) in [5.74, 6) is -1.52. The Kier molecular flexibility index (Phi) is 5.82. The highest BCUT2D eigenvalue weighted by Crippen LogP contribution is 2.31. The number of amides is 1. The molecule has 0 aliphatic rings. The molecule has 1 amide bonds. The largest absolute Gasteiger partial charge is 0.449 e. The van der Waals surface area contributed by atoms with E-state index >= 15 is 0 Å². The third kappa shape index (κ3) is 4.25. The summed E-state index contributed by atoms with van der Waals surface area (Å²) in [7, 11) is 0. The summed E-state index contributed by atoms with van der Waals surface area (Å²) in [6, 6.07) is 6.27. The number of nitrogens with zero attached hydrogens (tertiary/aromatic N) is 3. The number of nitrogens with one attached hydrogen (secondary N) is 1. The van der Waals surface area contributed by atoms with Crippen LogP contribution in [0.15, 0.2) is 24.3 Å². The number of fused-ring (bicyclic) bond motifs is 1. The molecule has 0 saturated heterocycles. The maximum atomic E-state index is 13.2. The highest BCUT2D eigenvalue weighted by molar-refractivity contribution is 5.81. The smallest absolute Gasteiger partial charge is 0.353 e. The van der Waals surface area contributed by atoms with Crippen molar-refractivity contribution in [2.24, 2.45) is 0 Å². The summed E-state index contributed by atoms with van der Waals surface area (Å²) in [6.07, 6.45) is -4.61. The van der Waals surface area contributed by atoms with Crippen molar-refractivity contribution in [2.75, 3.05) is 26.2 Å². The molecule has 8 heteroatoms. The molecule has 0 saturated carbocycles. The zero-order chi connectivity index (χ0) is 17.7. The van der Waals surface area contributed by atoms with Gasteiger partial charge in [-0.25, -0.2) is 4.98 Å². The summed E-state index contributed by atoms with van der Waals surface area (Å²) in [4.78, 5) is 17.8. The van der Waals surface area contributed by atoms with Crippen LogP contribution in [0.2, 0.25) is 0 Å². The molecule has 1 heterocycles. The van der Waals surface area contributed by atoms with Crippen LogP contribution in [0.25, 0.3) is 11.0 Å². The second-order valence-electron chi connectivity index (χ2n) is 5.38. The van der Waals surface area contributed by atoms with Crippen LogP contribution in [0.5, 0.6) is 0 Å². The van der Waals surface area contributed by atoms with E-state index in [1.807, 2.05) is 13.8 Å². The number of rotatable bonds is 7. The number of hydrogen-bond acceptors (Lipinski definition) is 3. The van der Waals surface area contributed by atoms with Gasteiger partial charge in [-0.15, -0.1) is 0 Å². The molecular formula is C16H21F3N4O. The normalized spacial score (nSPS) is 12.1. The number of carbonyl (C=O) groups is 1. The van der Waals surface area contributed by atoms with Crippen LogP contribution in [0, 0.1) is 0 Å². The molecule has 1 N–H and O–H groups in total. The van der Waals surface area contributed by atoms with Crippen LogP contribution in [0.3, 0.4) is 0 Å². The molecule has 0 aliphatic carbocycles. The van der Waals surface area contributed by atoms with E-state index in [1.165, 1.54) is 12.1 Å².